The summed E-state index contributed by atoms with van der Waals surface area (Å²) in [5.41, 5.74) is 0.500. The summed E-state index contributed by atoms with van der Waals surface area (Å²) in [6, 6.07) is 11.4. The van der Waals surface area contributed by atoms with Crippen molar-refractivity contribution in [2.24, 2.45) is 0 Å². The number of aliphatic hydroxyl groups excluding tert-OH is 1. The zero-order valence-corrected chi connectivity index (χ0v) is 13.6. The third kappa shape index (κ3) is 4.33. The normalized spacial score (nSPS) is 12.0. The second-order valence-electron chi connectivity index (χ2n) is 5.41. The van der Waals surface area contributed by atoms with Crippen molar-refractivity contribution in [2.45, 2.75) is 6.10 Å². The molecule has 0 aliphatic rings. The van der Waals surface area contributed by atoms with Crippen LogP contribution in [0.5, 0.6) is 11.5 Å². The molecule has 7 heteroatoms. The Morgan fingerprint density at radius 2 is 2.00 bits per heavy atom. The van der Waals surface area contributed by atoms with Gasteiger partial charge in [0, 0.05) is 24.1 Å². The van der Waals surface area contributed by atoms with Crippen LogP contribution in [0.2, 0.25) is 0 Å². The zero-order valence-electron chi connectivity index (χ0n) is 13.6. The van der Waals surface area contributed by atoms with Gasteiger partial charge in [-0.3, -0.25) is 0 Å². The zero-order chi connectivity index (χ0) is 17.6. The van der Waals surface area contributed by atoms with Gasteiger partial charge in [-0.1, -0.05) is 6.07 Å². The highest BCUT2D eigenvalue weighted by Gasteiger charge is 2.09. The average Bonchev–Trinajstić information content (AvgIpc) is 2.64. The number of halogens is 1. The molecule has 0 aliphatic heterocycles. The molecule has 1 aromatic heterocycles. The number of aromatic nitrogens is 2. The van der Waals surface area contributed by atoms with Gasteiger partial charge in [-0.05, 0) is 24.3 Å². The molecule has 0 saturated heterocycles. The molecular formula is C18H18FN3O3. The van der Waals surface area contributed by atoms with Crippen LogP contribution in [0.15, 0.2) is 48.8 Å². The second kappa shape index (κ2) is 7.76. The molecule has 3 aromatic rings. The van der Waals surface area contributed by atoms with E-state index in [0.29, 0.717) is 28.2 Å². The van der Waals surface area contributed by atoms with Crippen molar-refractivity contribution < 1.29 is 19.0 Å². The van der Waals surface area contributed by atoms with Crippen LogP contribution in [-0.4, -0.2) is 41.4 Å². The van der Waals surface area contributed by atoms with Gasteiger partial charge in [-0.2, -0.15) is 0 Å². The fraction of sp³-hybridized carbons (Fsp3) is 0.222. The summed E-state index contributed by atoms with van der Waals surface area (Å²) in [5.74, 6) is 1.47. The van der Waals surface area contributed by atoms with Crippen LogP contribution in [-0.2, 0) is 0 Å². The summed E-state index contributed by atoms with van der Waals surface area (Å²) >= 11 is 0. The Kier molecular flexibility index (Phi) is 5.25. The minimum atomic E-state index is -0.753. The molecule has 0 aliphatic carbocycles. The Bertz CT molecular complexity index is 860. The monoisotopic (exact) mass is 343 g/mol. The third-order valence-corrected chi connectivity index (χ3v) is 3.59. The van der Waals surface area contributed by atoms with E-state index >= 15 is 0 Å². The standard InChI is InChI=1S/C18H18FN3O3/c1-24-14-3-2-4-15(8-14)25-10-13(23)9-20-18-16-6-5-12(19)7-17(16)21-11-22-18/h2-8,11,13,23H,9-10H2,1H3,(H,20,21,22). The Labute approximate surface area is 144 Å². The number of fused-ring (bicyclic) bond motifs is 1. The van der Waals surface area contributed by atoms with E-state index < -0.39 is 6.10 Å². The first kappa shape index (κ1) is 16.9. The Balaban J connectivity index is 1.58. The Morgan fingerprint density at radius 3 is 2.84 bits per heavy atom. The summed E-state index contributed by atoms with van der Waals surface area (Å²) in [4.78, 5) is 8.17. The predicted octanol–water partition coefficient (Wildman–Crippen LogP) is 2.63. The quantitative estimate of drug-likeness (QED) is 0.687. The van der Waals surface area contributed by atoms with Gasteiger partial charge in [0.25, 0.3) is 0 Å². The lowest BCUT2D eigenvalue weighted by Crippen LogP contribution is -2.26. The lowest BCUT2D eigenvalue weighted by atomic mass is 10.2. The van der Waals surface area contributed by atoms with Crippen molar-refractivity contribution in [3.05, 3.63) is 54.6 Å². The summed E-state index contributed by atoms with van der Waals surface area (Å²) < 4.78 is 23.9. The topological polar surface area (TPSA) is 76.5 Å². The molecule has 0 fully saturated rings. The predicted molar refractivity (Wildman–Crippen MR) is 92.5 cm³/mol. The molecular weight excluding hydrogens is 325 g/mol. The largest absolute Gasteiger partial charge is 0.497 e. The van der Waals surface area contributed by atoms with E-state index in [1.165, 1.54) is 18.5 Å². The van der Waals surface area contributed by atoms with Gasteiger partial charge in [0.2, 0.25) is 0 Å². The van der Waals surface area contributed by atoms with Gasteiger partial charge in [-0.15, -0.1) is 0 Å². The van der Waals surface area contributed by atoms with Gasteiger partial charge >= 0.3 is 0 Å². The smallest absolute Gasteiger partial charge is 0.137 e. The molecule has 0 bridgehead atoms. The van der Waals surface area contributed by atoms with E-state index in [2.05, 4.69) is 15.3 Å². The first-order valence-corrected chi connectivity index (χ1v) is 7.75. The number of ether oxygens (including phenoxy) is 2. The molecule has 25 heavy (non-hydrogen) atoms. The van der Waals surface area contributed by atoms with E-state index in [0.717, 1.165) is 0 Å². The van der Waals surface area contributed by atoms with Gasteiger partial charge in [-0.25, -0.2) is 14.4 Å². The number of benzene rings is 2. The lowest BCUT2D eigenvalue weighted by Gasteiger charge is -2.14. The van der Waals surface area contributed by atoms with Crippen molar-refractivity contribution >= 4 is 16.7 Å². The van der Waals surface area contributed by atoms with Crippen LogP contribution in [0.1, 0.15) is 0 Å². The molecule has 1 atom stereocenters. The van der Waals surface area contributed by atoms with Crippen LogP contribution < -0.4 is 14.8 Å². The van der Waals surface area contributed by atoms with Crippen LogP contribution in [0.4, 0.5) is 10.2 Å². The summed E-state index contributed by atoms with van der Waals surface area (Å²) in [6.07, 6.45) is 0.597. The van der Waals surface area contributed by atoms with E-state index in [1.807, 2.05) is 12.1 Å². The van der Waals surface area contributed by atoms with E-state index in [1.54, 1.807) is 25.3 Å². The first-order chi connectivity index (χ1) is 12.2. The maximum Gasteiger partial charge on any atom is 0.137 e. The highest BCUT2D eigenvalue weighted by Crippen LogP contribution is 2.20. The molecule has 0 saturated carbocycles. The maximum absolute atomic E-state index is 13.3. The molecule has 0 radical (unpaired) electrons. The highest BCUT2D eigenvalue weighted by molar-refractivity contribution is 5.88. The first-order valence-electron chi connectivity index (χ1n) is 7.75. The lowest BCUT2D eigenvalue weighted by molar-refractivity contribution is 0.117. The summed E-state index contributed by atoms with van der Waals surface area (Å²) in [6.45, 7) is 0.339. The summed E-state index contributed by atoms with van der Waals surface area (Å²) in [5, 5.41) is 13.8. The number of methoxy groups -OCH3 is 1. The second-order valence-corrected chi connectivity index (χ2v) is 5.41. The van der Waals surface area contributed by atoms with Crippen molar-refractivity contribution in [3.8, 4) is 11.5 Å². The molecule has 3 rings (SSSR count). The van der Waals surface area contributed by atoms with Crippen molar-refractivity contribution in [2.75, 3.05) is 25.6 Å². The van der Waals surface area contributed by atoms with Crippen LogP contribution in [0, 0.1) is 5.82 Å². The molecule has 130 valence electrons. The number of nitrogens with one attached hydrogen (secondary N) is 1. The van der Waals surface area contributed by atoms with Gasteiger partial charge in [0.15, 0.2) is 0 Å². The average molecular weight is 343 g/mol. The molecule has 0 amide bonds. The molecule has 1 unspecified atom stereocenters. The third-order valence-electron chi connectivity index (χ3n) is 3.59. The number of hydrogen-bond acceptors (Lipinski definition) is 6. The number of nitrogens with zero attached hydrogens (tertiary/aromatic N) is 2. The number of aliphatic hydroxyl groups is 1. The van der Waals surface area contributed by atoms with E-state index in [-0.39, 0.29) is 19.0 Å². The summed E-state index contributed by atoms with van der Waals surface area (Å²) in [7, 11) is 1.58. The Hall–Kier alpha value is -2.93. The molecule has 2 aromatic carbocycles. The number of rotatable bonds is 7. The molecule has 6 nitrogen and oxygen atoms in total. The fourth-order valence-electron chi connectivity index (χ4n) is 2.33. The molecule has 1 heterocycles. The SMILES string of the molecule is COc1cccc(OCC(O)CNc2ncnc3cc(F)ccc23)c1. The molecule has 2 N–H and O–H groups in total. The van der Waals surface area contributed by atoms with Crippen molar-refractivity contribution in [1.82, 2.24) is 9.97 Å². The Morgan fingerprint density at radius 1 is 1.16 bits per heavy atom. The van der Waals surface area contributed by atoms with E-state index in [9.17, 15) is 9.50 Å². The van der Waals surface area contributed by atoms with Crippen LogP contribution in [0.3, 0.4) is 0 Å². The highest BCUT2D eigenvalue weighted by atomic mass is 19.1. The van der Waals surface area contributed by atoms with Crippen molar-refractivity contribution in [3.63, 3.8) is 0 Å². The number of hydrogen-bond donors (Lipinski definition) is 2. The fourth-order valence-corrected chi connectivity index (χ4v) is 2.33. The van der Waals surface area contributed by atoms with Crippen LogP contribution >= 0.6 is 0 Å². The number of anilines is 1. The maximum atomic E-state index is 13.3. The minimum Gasteiger partial charge on any atom is -0.497 e. The van der Waals surface area contributed by atoms with Crippen molar-refractivity contribution in [1.29, 1.82) is 0 Å². The van der Waals surface area contributed by atoms with Gasteiger partial charge in [0.1, 0.15) is 42.2 Å². The van der Waals surface area contributed by atoms with Gasteiger partial charge < -0.3 is 19.9 Å². The molecule has 0 spiro atoms. The van der Waals surface area contributed by atoms with E-state index in [4.69, 9.17) is 9.47 Å². The van der Waals surface area contributed by atoms with Gasteiger partial charge in [0.05, 0.1) is 12.6 Å². The van der Waals surface area contributed by atoms with Crippen LogP contribution in [0.25, 0.3) is 10.9 Å². The minimum absolute atomic E-state index is 0.109.